The van der Waals surface area contributed by atoms with Crippen LogP contribution in [0.5, 0.6) is 0 Å². The van der Waals surface area contributed by atoms with E-state index in [1.54, 1.807) is 12.2 Å². The van der Waals surface area contributed by atoms with Gasteiger partial charge in [0.15, 0.2) is 0 Å². The van der Waals surface area contributed by atoms with Gasteiger partial charge in [-0.25, -0.2) is 0 Å². The van der Waals surface area contributed by atoms with Gasteiger partial charge in [-0.1, -0.05) is 12.2 Å². The summed E-state index contributed by atoms with van der Waals surface area (Å²) in [4.78, 5) is 24.2. The molecule has 0 heterocycles. The van der Waals surface area contributed by atoms with E-state index in [4.69, 9.17) is 0 Å². The lowest BCUT2D eigenvalue weighted by Gasteiger charge is -2.28. The average Bonchev–Trinajstić information content (AvgIpc) is 2.29. The number of rotatable bonds is 8. The van der Waals surface area contributed by atoms with Crippen LogP contribution in [-0.2, 0) is 9.59 Å². The second kappa shape index (κ2) is 7.65. The lowest BCUT2D eigenvalue weighted by molar-refractivity contribution is -0.143. The Hall–Kier alpha value is -1.58. The van der Waals surface area contributed by atoms with Crippen LogP contribution >= 0.6 is 0 Å². The zero-order chi connectivity index (χ0) is 13.3. The van der Waals surface area contributed by atoms with Gasteiger partial charge in [0.05, 0.1) is 0 Å². The van der Waals surface area contributed by atoms with Gasteiger partial charge in [-0.2, -0.15) is 0 Å². The standard InChI is InChI=1S/C13H22N2O2/c1-5-9-13(10-6-2,11(16)14-7-3)12(17)15-8-4/h5-6H,1-2,7-10H2,3-4H3,(H,14,16)(H,15,17). The summed E-state index contributed by atoms with van der Waals surface area (Å²) in [6.07, 6.45) is 3.79. The summed E-state index contributed by atoms with van der Waals surface area (Å²) >= 11 is 0. The normalized spacial score (nSPS) is 10.5. The molecule has 0 aromatic heterocycles. The van der Waals surface area contributed by atoms with Crippen molar-refractivity contribution in [1.82, 2.24) is 10.6 Å². The maximum Gasteiger partial charge on any atom is 0.236 e. The highest BCUT2D eigenvalue weighted by Crippen LogP contribution is 2.28. The van der Waals surface area contributed by atoms with E-state index in [9.17, 15) is 9.59 Å². The maximum atomic E-state index is 12.1. The van der Waals surface area contributed by atoms with Crippen molar-refractivity contribution in [3.63, 3.8) is 0 Å². The molecule has 0 radical (unpaired) electrons. The molecule has 0 bridgehead atoms. The summed E-state index contributed by atoms with van der Waals surface area (Å²) in [5.74, 6) is -0.545. The molecule has 0 atom stereocenters. The van der Waals surface area contributed by atoms with Crippen molar-refractivity contribution in [3.05, 3.63) is 25.3 Å². The number of allylic oxidation sites excluding steroid dienone is 2. The Kier molecular flexibility index (Phi) is 6.94. The first-order chi connectivity index (χ1) is 8.08. The maximum absolute atomic E-state index is 12.1. The van der Waals surface area contributed by atoms with Crippen LogP contribution in [0.4, 0.5) is 0 Å². The molecule has 0 saturated carbocycles. The molecule has 0 fully saturated rings. The van der Waals surface area contributed by atoms with Gasteiger partial charge in [0.2, 0.25) is 11.8 Å². The van der Waals surface area contributed by atoms with E-state index in [-0.39, 0.29) is 11.8 Å². The van der Waals surface area contributed by atoms with Gasteiger partial charge >= 0.3 is 0 Å². The second-order valence-corrected chi connectivity index (χ2v) is 3.79. The van der Waals surface area contributed by atoms with Crippen molar-refractivity contribution in [1.29, 1.82) is 0 Å². The first-order valence-electron chi connectivity index (χ1n) is 5.87. The molecule has 96 valence electrons. The highest BCUT2D eigenvalue weighted by atomic mass is 16.2. The summed E-state index contributed by atoms with van der Waals surface area (Å²) in [6, 6.07) is 0. The Morgan fingerprint density at radius 3 is 1.59 bits per heavy atom. The molecule has 0 aromatic rings. The Labute approximate surface area is 103 Å². The number of hydrogen-bond donors (Lipinski definition) is 2. The van der Waals surface area contributed by atoms with Crippen LogP contribution in [0.1, 0.15) is 26.7 Å². The molecule has 0 unspecified atom stereocenters. The lowest BCUT2D eigenvalue weighted by Crippen LogP contribution is -2.51. The Morgan fingerprint density at radius 1 is 1.00 bits per heavy atom. The van der Waals surface area contributed by atoms with Crippen molar-refractivity contribution in [2.45, 2.75) is 26.7 Å². The van der Waals surface area contributed by atoms with E-state index >= 15 is 0 Å². The van der Waals surface area contributed by atoms with Crippen molar-refractivity contribution in [2.75, 3.05) is 13.1 Å². The predicted octanol–water partition coefficient (Wildman–Crippen LogP) is 1.40. The molecule has 17 heavy (non-hydrogen) atoms. The van der Waals surface area contributed by atoms with E-state index in [0.717, 1.165) is 0 Å². The van der Waals surface area contributed by atoms with E-state index < -0.39 is 5.41 Å². The molecular weight excluding hydrogens is 216 g/mol. The van der Waals surface area contributed by atoms with Crippen LogP contribution in [0.2, 0.25) is 0 Å². The summed E-state index contributed by atoms with van der Waals surface area (Å²) in [5.41, 5.74) is -1.12. The van der Waals surface area contributed by atoms with Crippen LogP contribution in [0.3, 0.4) is 0 Å². The highest BCUT2D eigenvalue weighted by molar-refractivity contribution is 6.05. The minimum atomic E-state index is -1.12. The third kappa shape index (κ3) is 3.73. The Morgan fingerprint density at radius 2 is 1.35 bits per heavy atom. The number of carbonyl (C=O) groups is 2. The number of hydrogen-bond acceptors (Lipinski definition) is 2. The van der Waals surface area contributed by atoms with Gasteiger partial charge in [-0.15, -0.1) is 13.2 Å². The third-order valence-electron chi connectivity index (χ3n) is 2.53. The number of amides is 2. The molecule has 0 spiro atoms. The lowest BCUT2D eigenvalue weighted by atomic mass is 9.79. The Balaban J connectivity index is 5.23. The summed E-state index contributed by atoms with van der Waals surface area (Å²) in [5, 5.41) is 5.40. The van der Waals surface area contributed by atoms with Crippen molar-refractivity contribution in [3.8, 4) is 0 Å². The van der Waals surface area contributed by atoms with E-state index in [1.807, 2.05) is 13.8 Å². The van der Waals surface area contributed by atoms with Crippen molar-refractivity contribution < 1.29 is 9.59 Å². The molecule has 0 aromatic carbocycles. The third-order valence-corrected chi connectivity index (χ3v) is 2.53. The molecule has 0 saturated heterocycles. The van der Waals surface area contributed by atoms with Crippen LogP contribution in [-0.4, -0.2) is 24.9 Å². The highest BCUT2D eigenvalue weighted by Gasteiger charge is 2.43. The minimum Gasteiger partial charge on any atom is -0.355 e. The topological polar surface area (TPSA) is 58.2 Å². The van der Waals surface area contributed by atoms with Gasteiger partial charge in [-0.05, 0) is 26.7 Å². The van der Waals surface area contributed by atoms with Gasteiger partial charge in [0.1, 0.15) is 5.41 Å². The SMILES string of the molecule is C=CCC(CC=C)(C(=O)NCC)C(=O)NCC. The van der Waals surface area contributed by atoms with Crippen LogP contribution < -0.4 is 10.6 Å². The zero-order valence-electron chi connectivity index (χ0n) is 10.7. The Bertz CT molecular complexity index is 268. The van der Waals surface area contributed by atoms with Gasteiger partial charge < -0.3 is 10.6 Å². The first-order valence-corrected chi connectivity index (χ1v) is 5.87. The van der Waals surface area contributed by atoms with E-state index in [0.29, 0.717) is 25.9 Å². The van der Waals surface area contributed by atoms with Crippen molar-refractivity contribution in [2.24, 2.45) is 5.41 Å². The van der Waals surface area contributed by atoms with Crippen molar-refractivity contribution >= 4 is 11.8 Å². The molecule has 0 aliphatic rings. The average molecular weight is 238 g/mol. The van der Waals surface area contributed by atoms with E-state index in [1.165, 1.54) is 0 Å². The van der Waals surface area contributed by atoms with Crippen LogP contribution in [0, 0.1) is 5.41 Å². The first kappa shape index (κ1) is 15.4. The van der Waals surface area contributed by atoms with Crippen LogP contribution in [0.25, 0.3) is 0 Å². The van der Waals surface area contributed by atoms with Gasteiger partial charge in [-0.3, -0.25) is 9.59 Å². The summed E-state index contributed by atoms with van der Waals surface area (Å²) in [7, 11) is 0. The molecule has 0 rings (SSSR count). The van der Waals surface area contributed by atoms with Crippen LogP contribution in [0.15, 0.2) is 25.3 Å². The predicted molar refractivity (Wildman–Crippen MR) is 69.4 cm³/mol. The molecule has 2 amide bonds. The summed E-state index contributed by atoms with van der Waals surface area (Å²) in [6.45, 7) is 11.9. The zero-order valence-corrected chi connectivity index (χ0v) is 10.7. The quantitative estimate of drug-likeness (QED) is 0.496. The second-order valence-electron chi connectivity index (χ2n) is 3.79. The fourth-order valence-electron chi connectivity index (χ4n) is 1.71. The fraction of sp³-hybridized carbons (Fsp3) is 0.538. The molecule has 4 heteroatoms. The number of nitrogens with one attached hydrogen (secondary N) is 2. The van der Waals surface area contributed by atoms with Gasteiger partial charge in [0, 0.05) is 13.1 Å². The fourth-order valence-corrected chi connectivity index (χ4v) is 1.71. The largest absolute Gasteiger partial charge is 0.355 e. The molecule has 4 nitrogen and oxygen atoms in total. The summed E-state index contributed by atoms with van der Waals surface area (Å²) < 4.78 is 0. The minimum absolute atomic E-state index is 0.272. The molecule has 2 N–H and O–H groups in total. The van der Waals surface area contributed by atoms with Gasteiger partial charge in [0.25, 0.3) is 0 Å². The smallest absolute Gasteiger partial charge is 0.236 e. The molecular formula is C13H22N2O2. The van der Waals surface area contributed by atoms with E-state index in [2.05, 4.69) is 23.8 Å². The molecule has 0 aliphatic heterocycles. The number of carbonyl (C=O) groups excluding carboxylic acids is 2. The monoisotopic (exact) mass is 238 g/mol. The molecule has 0 aliphatic carbocycles.